The van der Waals surface area contributed by atoms with Crippen molar-refractivity contribution >= 4 is 31.9 Å². The molecule has 0 bridgehead atoms. The van der Waals surface area contributed by atoms with Crippen LogP contribution in [0.15, 0.2) is 12.2 Å². The molecule has 2 heteroatoms. The fourth-order valence-electron chi connectivity index (χ4n) is 0.885. The number of halogens is 2. The number of hydrogen-bond acceptors (Lipinski definition) is 0. The molecular formula is C9H16Br2. The maximum Gasteiger partial charge on any atom is 0.0325 e. The minimum atomic E-state index is 0.576. The highest BCUT2D eigenvalue weighted by Gasteiger charge is 1.96. The van der Waals surface area contributed by atoms with Crippen molar-refractivity contribution in [2.45, 2.75) is 37.4 Å². The van der Waals surface area contributed by atoms with Gasteiger partial charge in [-0.05, 0) is 6.42 Å². The van der Waals surface area contributed by atoms with Crippen LogP contribution in [0.5, 0.6) is 0 Å². The van der Waals surface area contributed by atoms with E-state index in [0.717, 1.165) is 5.33 Å². The van der Waals surface area contributed by atoms with E-state index in [4.69, 9.17) is 0 Å². The summed E-state index contributed by atoms with van der Waals surface area (Å²) in [5.74, 6) is 0. The minimum absolute atomic E-state index is 0.576. The lowest BCUT2D eigenvalue weighted by molar-refractivity contribution is 0.684. The smallest absolute Gasteiger partial charge is 0.0325 e. The standard InChI is InChI=1S/C9H16Br2/c1-2-3-4-6-9(11)7-5-8-10/h5,7,9H,2-4,6,8H2,1H3/b7-5+. The topological polar surface area (TPSA) is 0 Å². The van der Waals surface area contributed by atoms with Crippen LogP contribution in [0.3, 0.4) is 0 Å². The van der Waals surface area contributed by atoms with Gasteiger partial charge in [0.15, 0.2) is 0 Å². The van der Waals surface area contributed by atoms with E-state index in [-0.39, 0.29) is 0 Å². The van der Waals surface area contributed by atoms with E-state index in [1.807, 2.05) is 0 Å². The Kier molecular flexibility index (Phi) is 9.35. The molecule has 0 aromatic heterocycles. The predicted molar refractivity (Wildman–Crippen MR) is 59.8 cm³/mol. The maximum absolute atomic E-state index is 3.60. The Bertz CT molecular complexity index is 99.7. The van der Waals surface area contributed by atoms with E-state index in [1.54, 1.807) is 0 Å². The molecule has 0 fully saturated rings. The molecule has 0 aliphatic heterocycles. The van der Waals surface area contributed by atoms with Crippen molar-refractivity contribution in [2.24, 2.45) is 0 Å². The van der Waals surface area contributed by atoms with Crippen molar-refractivity contribution in [1.29, 1.82) is 0 Å². The Balaban J connectivity index is 3.21. The Morgan fingerprint density at radius 2 is 2.09 bits per heavy atom. The number of hydrogen-bond donors (Lipinski definition) is 0. The highest BCUT2D eigenvalue weighted by molar-refractivity contribution is 9.09. The van der Waals surface area contributed by atoms with Gasteiger partial charge in [-0.15, -0.1) is 0 Å². The number of alkyl halides is 2. The van der Waals surface area contributed by atoms with Crippen molar-refractivity contribution < 1.29 is 0 Å². The van der Waals surface area contributed by atoms with Gasteiger partial charge in [-0.2, -0.15) is 0 Å². The molecule has 0 aromatic carbocycles. The zero-order valence-electron chi connectivity index (χ0n) is 7.02. The summed E-state index contributed by atoms with van der Waals surface area (Å²) in [6, 6.07) is 0. The average Bonchev–Trinajstić information content (AvgIpc) is 2.01. The molecule has 0 nitrogen and oxygen atoms in total. The molecule has 1 unspecified atom stereocenters. The van der Waals surface area contributed by atoms with Crippen LogP contribution in [0.1, 0.15) is 32.6 Å². The monoisotopic (exact) mass is 282 g/mol. The lowest BCUT2D eigenvalue weighted by Crippen LogP contribution is -1.91. The van der Waals surface area contributed by atoms with Gasteiger partial charge in [-0.25, -0.2) is 0 Å². The first-order valence-electron chi connectivity index (χ1n) is 4.18. The lowest BCUT2D eigenvalue weighted by Gasteiger charge is -2.01. The van der Waals surface area contributed by atoms with Crippen molar-refractivity contribution in [1.82, 2.24) is 0 Å². The van der Waals surface area contributed by atoms with Crippen LogP contribution in [-0.4, -0.2) is 10.2 Å². The molecule has 0 aliphatic carbocycles. The first kappa shape index (κ1) is 11.7. The van der Waals surface area contributed by atoms with Crippen LogP contribution < -0.4 is 0 Å². The van der Waals surface area contributed by atoms with Crippen LogP contribution in [0, 0.1) is 0 Å². The zero-order valence-corrected chi connectivity index (χ0v) is 10.2. The molecule has 0 saturated heterocycles. The molecule has 0 saturated carbocycles. The van der Waals surface area contributed by atoms with Crippen LogP contribution in [0.25, 0.3) is 0 Å². The largest absolute Gasteiger partial charge is 0.0883 e. The maximum atomic E-state index is 3.60. The second-order valence-electron chi connectivity index (χ2n) is 2.59. The van der Waals surface area contributed by atoms with Crippen LogP contribution in [0.2, 0.25) is 0 Å². The summed E-state index contributed by atoms with van der Waals surface area (Å²) in [5, 5.41) is 0.961. The molecule has 0 aliphatic rings. The molecular weight excluding hydrogens is 268 g/mol. The van der Waals surface area contributed by atoms with Crippen LogP contribution in [0.4, 0.5) is 0 Å². The third-order valence-electron chi connectivity index (χ3n) is 1.52. The van der Waals surface area contributed by atoms with Gasteiger partial charge in [-0.3, -0.25) is 0 Å². The van der Waals surface area contributed by atoms with Gasteiger partial charge in [0.1, 0.15) is 0 Å². The van der Waals surface area contributed by atoms with Crippen molar-refractivity contribution in [3.8, 4) is 0 Å². The van der Waals surface area contributed by atoms with Gasteiger partial charge < -0.3 is 0 Å². The molecule has 66 valence electrons. The third-order valence-corrected chi connectivity index (χ3v) is 2.65. The van der Waals surface area contributed by atoms with E-state index in [2.05, 4.69) is 50.9 Å². The van der Waals surface area contributed by atoms with Gasteiger partial charge in [0, 0.05) is 10.2 Å². The quantitative estimate of drug-likeness (QED) is 0.388. The first-order chi connectivity index (χ1) is 5.31. The molecule has 0 spiro atoms. The van der Waals surface area contributed by atoms with E-state index < -0.39 is 0 Å². The van der Waals surface area contributed by atoms with Crippen LogP contribution >= 0.6 is 31.9 Å². The highest BCUT2D eigenvalue weighted by Crippen LogP contribution is 2.12. The van der Waals surface area contributed by atoms with Gasteiger partial charge >= 0.3 is 0 Å². The zero-order chi connectivity index (χ0) is 8.53. The SMILES string of the molecule is CCCCCC(Br)/C=C/CBr. The van der Waals surface area contributed by atoms with Crippen LogP contribution in [-0.2, 0) is 0 Å². The molecule has 0 aromatic rings. The van der Waals surface area contributed by atoms with E-state index in [0.29, 0.717) is 4.83 Å². The fraction of sp³-hybridized carbons (Fsp3) is 0.778. The Morgan fingerprint density at radius 1 is 1.36 bits per heavy atom. The van der Waals surface area contributed by atoms with Gasteiger partial charge in [0.2, 0.25) is 0 Å². The Morgan fingerprint density at radius 3 is 2.64 bits per heavy atom. The molecule has 0 amide bonds. The highest BCUT2D eigenvalue weighted by atomic mass is 79.9. The fourth-order valence-corrected chi connectivity index (χ4v) is 1.64. The second kappa shape index (κ2) is 8.79. The van der Waals surface area contributed by atoms with Crippen molar-refractivity contribution in [3.05, 3.63) is 12.2 Å². The predicted octanol–water partition coefficient (Wildman–Crippen LogP) is 4.28. The summed E-state index contributed by atoms with van der Waals surface area (Å²) < 4.78 is 0. The summed E-state index contributed by atoms with van der Waals surface area (Å²) in [5.41, 5.74) is 0. The number of unbranched alkanes of at least 4 members (excludes halogenated alkanes) is 2. The van der Waals surface area contributed by atoms with Gasteiger partial charge in [0.25, 0.3) is 0 Å². The Labute approximate surface area is 86.7 Å². The van der Waals surface area contributed by atoms with Gasteiger partial charge in [-0.1, -0.05) is 70.2 Å². The van der Waals surface area contributed by atoms with E-state index in [9.17, 15) is 0 Å². The van der Waals surface area contributed by atoms with Crippen molar-refractivity contribution in [2.75, 3.05) is 5.33 Å². The summed E-state index contributed by atoms with van der Waals surface area (Å²) in [7, 11) is 0. The molecule has 11 heavy (non-hydrogen) atoms. The van der Waals surface area contributed by atoms with E-state index >= 15 is 0 Å². The molecule has 0 heterocycles. The minimum Gasteiger partial charge on any atom is -0.0883 e. The summed E-state index contributed by atoms with van der Waals surface area (Å²) >= 11 is 6.95. The lowest BCUT2D eigenvalue weighted by atomic mass is 10.1. The summed E-state index contributed by atoms with van der Waals surface area (Å²) in [4.78, 5) is 0.576. The first-order valence-corrected chi connectivity index (χ1v) is 6.21. The molecule has 0 radical (unpaired) electrons. The summed E-state index contributed by atoms with van der Waals surface area (Å²) in [6.45, 7) is 2.23. The molecule has 1 atom stereocenters. The van der Waals surface area contributed by atoms with E-state index in [1.165, 1.54) is 25.7 Å². The third kappa shape index (κ3) is 8.61. The van der Waals surface area contributed by atoms with Gasteiger partial charge in [0.05, 0.1) is 0 Å². The van der Waals surface area contributed by atoms with Crippen molar-refractivity contribution in [3.63, 3.8) is 0 Å². The normalized spacial score (nSPS) is 14.1. The Hall–Kier alpha value is 0.700. The number of allylic oxidation sites excluding steroid dienone is 2. The second-order valence-corrected chi connectivity index (χ2v) is 4.42. The summed E-state index contributed by atoms with van der Waals surface area (Å²) in [6.07, 6.45) is 9.61. The molecule has 0 N–H and O–H groups in total. The number of rotatable bonds is 6. The molecule has 0 rings (SSSR count). The average molecular weight is 284 g/mol.